The van der Waals surface area contributed by atoms with Gasteiger partial charge in [0.25, 0.3) is 5.69 Å². The van der Waals surface area contributed by atoms with E-state index < -0.39 is 4.92 Å². The van der Waals surface area contributed by atoms with Crippen LogP contribution in [0.2, 0.25) is 0 Å². The van der Waals surface area contributed by atoms with Gasteiger partial charge in [0, 0.05) is 12.5 Å². The van der Waals surface area contributed by atoms with Crippen molar-refractivity contribution in [2.75, 3.05) is 25.1 Å². The minimum Gasteiger partial charge on any atom is -0.494 e. The summed E-state index contributed by atoms with van der Waals surface area (Å²) in [6.45, 7) is 1.01. The normalized spacial score (nSPS) is 10.1. The van der Waals surface area contributed by atoms with Crippen molar-refractivity contribution < 1.29 is 19.2 Å². The van der Waals surface area contributed by atoms with E-state index >= 15 is 0 Å². The fourth-order valence-electron chi connectivity index (χ4n) is 1.94. The van der Waals surface area contributed by atoms with E-state index in [1.165, 1.54) is 18.3 Å². The standard InChI is InChI=1S/C17H19N3O5/c21-17(7-4-11-24-15-5-2-1-3-6-15)25-12-10-18-16-9-8-14(13-19-16)20(22)23/h1-3,5-6,8-9,13H,4,7,10-12H2,(H,18,19). The van der Waals surface area contributed by atoms with Crippen LogP contribution >= 0.6 is 0 Å². The maximum atomic E-state index is 11.6. The third-order valence-electron chi connectivity index (χ3n) is 3.17. The van der Waals surface area contributed by atoms with Crippen molar-refractivity contribution in [2.45, 2.75) is 12.8 Å². The fourth-order valence-corrected chi connectivity index (χ4v) is 1.94. The van der Waals surface area contributed by atoms with Gasteiger partial charge >= 0.3 is 5.97 Å². The van der Waals surface area contributed by atoms with Crippen molar-refractivity contribution in [3.8, 4) is 5.75 Å². The number of hydrogen-bond acceptors (Lipinski definition) is 7. The SMILES string of the molecule is O=C(CCCOc1ccccc1)OCCNc1ccc([N+](=O)[O-])cn1. The maximum Gasteiger partial charge on any atom is 0.305 e. The van der Waals surface area contributed by atoms with Crippen LogP contribution in [0.1, 0.15) is 12.8 Å². The summed E-state index contributed by atoms with van der Waals surface area (Å²) in [7, 11) is 0. The molecule has 0 aliphatic heterocycles. The Kier molecular flexibility index (Phi) is 7.17. The van der Waals surface area contributed by atoms with Crippen LogP contribution in [-0.4, -0.2) is 35.6 Å². The minimum absolute atomic E-state index is 0.0744. The van der Waals surface area contributed by atoms with Gasteiger partial charge in [0.15, 0.2) is 0 Å². The lowest BCUT2D eigenvalue weighted by molar-refractivity contribution is -0.385. The zero-order valence-corrected chi connectivity index (χ0v) is 13.6. The quantitative estimate of drug-likeness (QED) is 0.305. The first-order valence-electron chi connectivity index (χ1n) is 7.83. The van der Waals surface area contributed by atoms with Gasteiger partial charge in [-0.1, -0.05) is 18.2 Å². The summed E-state index contributed by atoms with van der Waals surface area (Å²) in [5.74, 6) is 0.962. The molecule has 0 amide bonds. The molecule has 8 heteroatoms. The van der Waals surface area contributed by atoms with Crippen LogP contribution in [0.15, 0.2) is 48.7 Å². The Morgan fingerprint density at radius 3 is 2.64 bits per heavy atom. The first-order chi connectivity index (χ1) is 12.1. The molecule has 0 spiro atoms. The van der Waals surface area contributed by atoms with Gasteiger partial charge in [-0.25, -0.2) is 4.98 Å². The molecule has 25 heavy (non-hydrogen) atoms. The van der Waals surface area contributed by atoms with Crippen molar-refractivity contribution in [1.82, 2.24) is 4.98 Å². The lowest BCUT2D eigenvalue weighted by Gasteiger charge is -2.08. The highest BCUT2D eigenvalue weighted by atomic mass is 16.6. The summed E-state index contributed by atoms with van der Waals surface area (Å²) < 4.78 is 10.6. The zero-order valence-electron chi connectivity index (χ0n) is 13.6. The number of ether oxygens (including phenoxy) is 2. The summed E-state index contributed by atoms with van der Waals surface area (Å²) in [5, 5.41) is 13.4. The Hall–Kier alpha value is -3.16. The summed E-state index contributed by atoms with van der Waals surface area (Å²) in [5.41, 5.74) is -0.0744. The molecule has 0 atom stereocenters. The number of carbonyl (C=O) groups is 1. The molecule has 0 aliphatic rings. The molecule has 0 saturated carbocycles. The van der Waals surface area contributed by atoms with Crippen molar-refractivity contribution in [3.63, 3.8) is 0 Å². The number of nitrogens with one attached hydrogen (secondary N) is 1. The number of aromatic nitrogens is 1. The summed E-state index contributed by atoms with van der Waals surface area (Å²) in [4.78, 5) is 25.5. The number of pyridine rings is 1. The Bertz CT molecular complexity index is 676. The van der Waals surface area contributed by atoms with Crippen LogP contribution in [0, 0.1) is 10.1 Å². The Balaban J connectivity index is 1.54. The second-order valence-corrected chi connectivity index (χ2v) is 5.07. The topological polar surface area (TPSA) is 104 Å². The highest BCUT2D eigenvalue weighted by Gasteiger charge is 2.06. The summed E-state index contributed by atoms with van der Waals surface area (Å²) in [6.07, 6.45) is 2.02. The van der Waals surface area contributed by atoms with Crippen LogP contribution in [0.25, 0.3) is 0 Å². The molecule has 2 rings (SSSR count). The van der Waals surface area contributed by atoms with Crippen LogP contribution in [-0.2, 0) is 9.53 Å². The number of para-hydroxylation sites is 1. The first kappa shape index (κ1) is 18.2. The van der Waals surface area contributed by atoms with Crippen molar-refractivity contribution in [1.29, 1.82) is 0 Å². The number of nitro groups is 1. The van der Waals surface area contributed by atoms with Crippen molar-refractivity contribution in [3.05, 3.63) is 58.8 Å². The molecule has 1 heterocycles. The average molecular weight is 345 g/mol. The number of anilines is 1. The van der Waals surface area contributed by atoms with Gasteiger partial charge in [-0.3, -0.25) is 14.9 Å². The van der Waals surface area contributed by atoms with E-state index in [0.29, 0.717) is 25.4 Å². The Morgan fingerprint density at radius 1 is 1.16 bits per heavy atom. The van der Waals surface area contributed by atoms with E-state index in [1.807, 2.05) is 30.3 Å². The van der Waals surface area contributed by atoms with Crippen LogP contribution in [0.5, 0.6) is 5.75 Å². The van der Waals surface area contributed by atoms with Gasteiger partial charge in [0.2, 0.25) is 0 Å². The highest BCUT2D eigenvalue weighted by Crippen LogP contribution is 2.11. The van der Waals surface area contributed by atoms with Gasteiger partial charge in [0.1, 0.15) is 24.4 Å². The molecule has 0 aliphatic carbocycles. The molecular formula is C17H19N3O5. The molecule has 2 aromatic rings. The minimum atomic E-state index is -0.514. The van der Waals surface area contributed by atoms with Gasteiger partial charge in [0.05, 0.1) is 18.1 Å². The summed E-state index contributed by atoms with van der Waals surface area (Å²) in [6, 6.07) is 12.2. The first-order valence-corrected chi connectivity index (χ1v) is 7.83. The number of benzene rings is 1. The number of esters is 1. The Morgan fingerprint density at radius 2 is 1.96 bits per heavy atom. The van der Waals surface area contributed by atoms with E-state index in [0.717, 1.165) is 5.75 Å². The molecule has 0 unspecified atom stereocenters. The summed E-state index contributed by atoms with van der Waals surface area (Å²) >= 11 is 0. The highest BCUT2D eigenvalue weighted by molar-refractivity contribution is 5.69. The predicted molar refractivity (Wildman–Crippen MR) is 91.5 cm³/mol. The molecular weight excluding hydrogens is 326 g/mol. The van der Waals surface area contributed by atoms with Gasteiger partial charge in [-0.05, 0) is 24.6 Å². The van der Waals surface area contributed by atoms with Crippen LogP contribution in [0.3, 0.4) is 0 Å². The lowest BCUT2D eigenvalue weighted by atomic mass is 10.3. The monoisotopic (exact) mass is 345 g/mol. The molecule has 1 aromatic carbocycles. The van der Waals surface area contributed by atoms with Crippen molar-refractivity contribution >= 4 is 17.5 Å². The van der Waals surface area contributed by atoms with E-state index in [2.05, 4.69) is 10.3 Å². The van der Waals surface area contributed by atoms with Crippen molar-refractivity contribution in [2.24, 2.45) is 0 Å². The molecule has 0 bridgehead atoms. The van der Waals surface area contributed by atoms with Gasteiger partial charge < -0.3 is 14.8 Å². The number of hydrogen-bond donors (Lipinski definition) is 1. The second-order valence-electron chi connectivity index (χ2n) is 5.07. The third kappa shape index (κ3) is 6.86. The zero-order chi connectivity index (χ0) is 17.9. The molecule has 132 valence electrons. The number of nitrogens with zero attached hydrogens (tertiary/aromatic N) is 2. The van der Waals surface area contributed by atoms with E-state index in [4.69, 9.17) is 9.47 Å². The maximum absolute atomic E-state index is 11.6. The smallest absolute Gasteiger partial charge is 0.305 e. The molecule has 8 nitrogen and oxygen atoms in total. The lowest BCUT2D eigenvalue weighted by Crippen LogP contribution is -2.14. The van der Waals surface area contributed by atoms with E-state index in [9.17, 15) is 14.9 Å². The van der Waals surface area contributed by atoms with Crippen LogP contribution < -0.4 is 10.1 Å². The number of carbonyl (C=O) groups excluding carboxylic acids is 1. The van der Waals surface area contributed by atoms with Gasteiger partial charge in [-0.15, -0.1) is 0 Å². The largest absolute Gasteiger partial charge is 0.494 e. The third-order valence-corrected chi connectivity index (χ3v) is 3.17. The average Bonchev–Trinajstić information content (AvgIpc) is 2.63. The molecule has 1 aromatic heterocycles. The molecule has 0 saturated heterocycles. The predicted octanol–water partition coefficient (Wildman–Crippen LogP) is 2.80. The van der Waals surface area contributed by atoms with Gasteiger partial charge in [-0.2, -0.15) is 0 Å². The van der Waals surface area contributed by atoms with E-state index in [1.54, 1.807) is 0 Å². The molecule has 0 fully saturated rings. The van der Waals surface area contributed by atoms with Crippen LogP contribution in [0.4, 0.5) is 11.5 Å². The second kappa shape index (κ2) is 9.86. The van der Waals surface area contributed by atoms with E-state index in [-0.39, 0.29) is 24.7 Å². The molecule has 1 N–H and O–H groups in total. The molecule has 0 radical (unpaired) electrons. The number of rotatable bonds is 10. The Labute approximate surface area is 144 Å². The fraction of sp³-hybridized carbons (Fsp3) is 0.294.